The number of carbonyl (C=O) groups excluding carboxylic acids is 4. The molecule has 0 unspecified atom stereocenters. The molecule has 0 saturated carbocycles. The van der Waals surface area contributed by atoms with Gasteiger partial charge in [0.1, 0.15) is 17.9 Å². The van der Waals surface area contributed by atoms with Gasteiger partial charge < -0.3 is 38.9 Å². The van der Waals surface area contributed by atoms with Crippen LogP contribution in [0.4, 0.5) is 11.4 Å². The Labute approximate surface area is 294 Å². The number of nitrogens with zero attached hydrogens (tertiary/aromatic N) is 1. The zero-order chi connectivity index (χ0) is 36.2. The Balaban J connectivity index is 1.52. The third kappa shape index (κ3) is 8.03. The molecule has 4 aromatic rings. The average Bonchev–Trinajstić information content (AvgIpc) is 3.47. The standard InChI is InChI=1S/C37H40ClN3O9/c1-7-48-36(45)28-16-22-15-24(12-13-27(22)40-28)39-32(43)18-31-35(44)41(19-37(3,4)20-49-21(2)42)29-14-11-23(38)17-26(29)33(50-31)25-9-8-10-30(46-5)34(25)47-6/h8-17,31,33,40H,7,18-20H2,1-6H3,(H,39,43)/t31-,33-/m1/s1. The van der Waals surface area contributed by atoms with Crippen LogP contribution in [0.25, 0.3) is 10.9 Å². The van der Waals surface area contributed by atoms with Gasteiger partial charge in [-0.05, 0) is 55.5 Å². The fourth-order valence-corrected chi connectivity index (χ4v) is 6.09. The molecule has 1 aliphatic heterocycles. The predicted molar refractivity (Wildman–Crippen MR) is 188 cm³/mol. The summed E-state index contributed by atoms with van der Waals surface area (Å²) in [5.74, 6) is -1.03. The lowest BCUT2D eigenvalue weighted by atomic mass is 9.92. The van der Waals surface area contributed by atoms with Crippen LogP contribution in [0.2, 0.25) is 5.02 Å². The minimum atomic E-state index is -1.27. The number of methoxy groups -OCH3 is 2. The minimum absolute atomic E-state index is 0.0493. The number of anilines is 2. The van der Waals surface area contributed by atoms with Gasteiger partial charge in [-0.25, -0.2) is 4.79 Å². The molecule has 50 heavy (non-hydrogen) atoms. The number of benzene rings is 3. The van der Waals surface area contributed by atoms with E-state index in [0.717, 1.165) is 0 Å². The normalized spacial score (nSPS) is 16.0. The monoisotopic (exact) mass is 705 g/mol. The van der Waals surface area contributed by atoms with Crippen molar-refractivity contribution in [1.29, 1.82) is 0 Å². The highest BCUT2D eigenvalue weighted by Gasteiger charge is 2.41. The number of amides is 2. The lowest BCUT2D eigenvalue weighted by Gasteiger charge is -2.33. The molecule has 1 aliphatic rings. The van der Waals surface area contributed by atoms with Crippen LogP contribution in [-0.2, 0) is 28.6 Å². The van der Waals surface area contributed by atoms with Crippen molar-refractivity contribution in [2.75, 3.05) is 44.2 Å². The highest BCUT2D eigenvalue weighted by molar-refractivity contribution is 6.30. The van der Waals surface area contributed by atoms with E-state index in [0.29, 0.717) is 49.9 Å². The van der Waals surface area contributed by atoms with Crippen LogP contribution in [0, 0.1) is 5.41 Å². The van der Waals surface area contributed by atoms with Gasteiger partial charge in [-0.1, -0.05) is 37.6 Å². The maximum absolute atomic E-state index is 14.5. The van der Waals surface area contributed by atoms with E-state index in [1.54, 1.807) is 72.5 Å². The summed E-state index contributed by atoms with van der Waals surface area (Å²) in [6.45, 7) is 7.22. The maximum Gasteiger partial charge on any atom is 0.354 e. The molecular formula is C37H40ClN3O9. The first kappa shape index (κ1) is 36.2. The van der Waals surface area contributed by atoms with E-state index in [9.17, 15) is 19.2 Å². The Hall–Kier alpha value is -5.07. The highest BCUT2D eigenvalue weighted by Crippen LogP contribution is 2.45. The molecule has 12 nitrogen and oxygen atoms in total. The fraction of sp³-hybridized carbons (Fsp3) is 0.351. The van der Waals surface area contributed by atoms with E-state index in [2.05, 4.69) is 10.3 Å². The van der Waals surface area contributed by atoms with Gasteiger partial charge in [-0.2, -0.15) is 0 Å². The Morgan fingerprint density at radius 1 is 1.00 bits per heavy atom. The molecule has 2 atom stereocenters. The zero-order valence-electron chi connectivity index (χ0n) is 28.8. The number of aromatic amines is 1. The van der Waals surface area contributed by atoms with Crippen molar-refractivity contribution in [3.63, 3.8) is 0 Å². The molecule has 2 N–H and O–H groups in total. The summed E-state index contributed by atoms with van der Waals surface area (Å²) in [4.78, 5) is 56.7. The number of esters is 2. The molecule has 0 fully saturated rings. The SMILES string of the molecule is CCOC(=O)c1cc2cc(NC(=O)C[C@H]3O[C@H](c4cccc(OC)c4OC)c4cc(Cl)ccc4N(CC(C)(C)COC(C)=O)C3=O)ccc2[nH]1. The van der Waals surface area contributed by atoms with E-state index in [1.165, 1.54) is 21.1 Å². The number of fused-ring (bicyclic) bond motifs is 2. The van der Waals surface area contributed by atoms with Crippen molar-refractivity contribution in [2.24, 2.45) is 5.41 Å². The highest BCUT2D eigenvalue weighted by atomic mass is 35.5. The molecule has 0 saturated heterocycles. The number of hydrogen-bond donors (Lipinski definition) is 2. The van der Waals surface area contributed by atoms with E-state index >= 15 is 0 Å². The summed E-state index contributed by atoms with van der Waals surface area (Å²) in [6.07, 6.45) is -2.52. The number of aromatic nitrogens is 1. The first-order valence-electron chi connectivity index (χ1n) is 16.0. The van der Waals surface area contributed by atoms with E-state index < -0.39 is 41.4 Å². The van der Waals surface area contributed by atoms with Gasteiger partial charge in [0.05, 0.1) is 33.9 Å². The lowest BCUT2D eigenvalue weighted by Crippen LogP contribution is -2.46. The van der Waals surface area contributed by atoms with Crippen molar-refractivity contribution in [3.8, 4) is 11.5 Å². The van der Waals surface area contributed by atoms with Crippen LogP contribution >= 0.6 is 11.6 Å². The first-order valence-corrected chi connectivity index (χ1v) is 16.4. The summed E-state index contributed by atoms with van der Waals surface area (Å²) in [5, 5.41) is 3.96. The first-order chi connectivity index (χ1) is 23.8. The number of ether oxygens (including phenoxy) is 5. The number of H-pyrrole nitrogens is 1. The van der Waals surface area contributed by atoms with Crippen LogP contribution in [0.15, 0.2) is 60.7 Å². The fourth-order valence-electron chi connectivity index (χ4n) is 5.91. The third-order valence-electron chi connectivity index (χ3n) is 8.14. The molecule has 0 bridgehead atoms. The predicted octanol–water partition coefficient (Wildman–Crippen LogP) is 6.45. The minimum Gasteiger partial charge on any atom is -0.493 e. The Kier molecular flexibility index (Phi) is 11.0. The lowest BCUT2D eigenvalue weighted by molar-refractivity contribution is -0.144. The smallest absolute Gasteiger partial charge is 0.354 e. The van der Waals surface area contributed by atoms with Crippen LogP contribution in [0.3, 0.4) is 0 Å². The maximum atomic E-state index is 14.5. The van der Waals surface area contributed by atoms with Crippen LogP contribution in [-0.4, -0.2) is 68.8 Å². The summed E-state index contributed by atoms with van der Waals surface area (Å²) in [7, 11) is 3.03. The topological polar surface area (TPSA) is 145 Å². The average molecular weight is 706 g/mol. The van der Waals surface area contributed by atoms with Gasteiger partial charge in [0.25, 0.3) is 5.91 Å². The zero-order valence-corrected chi connectivity index (χ0v) is 29.5. The third-order valence-corrected chi connectivity index (χ3v) is 8.38. The molecule has 0 aliphatic carbocycles. The van der Waals surface area contributed by atoms with Gasteiger partial charge >= 0.3 is 11.9 Å². The number of halogens is 1. The van der Waals surface area contributed by atoms with Crippen molar-refractivity contribution in [2.45, 2.75) is 46.3 Å². The van der Waals surface area contributed by atoms with Gasteiger partial charge in [-0.3, -0.25) is 14.4 Å². The number of nitrogens with one attached hydrogen (secondary N) is 2. The van der Waals surface area contributed by atoms with Gasteiger partial charge in [0, 0.05) is 57.3 Å². The quantitative estimate of drug-likeness (QED) is 0.159. The summed E-state index contributed by atoms with van der Waals surface area (Å²) in [6, 6.07) is 17.2. The number of hydrogen-bond acceptors (Lipinski definition) is 9. The summed E-state index contributed by atoms with van der Waals surface area (Å²) >= 11 is 6.54. The molecular weight excluding hydrogens is 666 g/mol. The van der Waals surface area contributed by atoms with Crippen molar-refractivity contribution < 1.29 is 42.9 Å². The second-order valence-corrected chi connectivity index (χ2v) is 13.1. The van der Waals surface area contributed by atoms with Crippen LogP contribution in [0.1, 0.15) is 61.8 Å². The summed E-state index contributed by atoms with van der Waals surface area (Å²) in [5.41, 5.74) is 2.39. The van der Waals surface area contributed by atoms with Gasteiger partial charge in [0.15, 0.2) is 11.5 Å². The van der Waals surface area contributed by atoms with Crippen LogP contribution in [0.5, 0.6) is 11.5 Å². The van der Waals surface area contributed by atoms with E-state index in [1.807, 2.05) is 13.8 Å². The number of rotatable bonds is 12. The molecule has 2 heterocycles. The van der Waals surface area contributed by atoms with Gasteiger partial charge in [0.2, 0.25) is 5.91 Å². The van der Waals surface area contributed by atoms with Crippen molar-refractivity contribution in [3.05, 3.63) is 82.5 Å². The number of carbonyl (C=O) groups is 4. The second-order valence-electron chi connectivity index (χ2n) is 12.6. The molecule has 5 rings (SSSR count). The van der Waals surface area contributed by atoms with E-state index in [4.69, 9.17) is 35.3 Å². The Morgan fingerprint density at radius 3 is 2.48 bits per heavy atom. The molecule has 3 aromatic carbocycles. The Bertz CT molecular complexity index is 1920. The Morgan fingerprint density at radius 2 is 1.78 bits per heavy atom. The molecule has 0 spiro atoms. The molecule has 2 amide bonds. The van der Waals surface area contributed by atoms with E-state index in [-0.39, 0.29) is 31.9 Å². The molecule has 0 radical (unpaired) electrons. The van der Waals surface area contributed by atoms with Crippen LogP contribution < -0.4 is 19.7 Å². The summed E-state index contributed by atoms with van der Waals surface area (Å²) < 4.78 is 28.4. The second kappa shape index (κ2) is 15.2. The molecule has 13 heteroatoms. The molecule has 1 aromatic heterocycles. The largest absolute Gasteiger partial charge is 0.493 e. The molecule has 264 valence electrons. The van der Waals surface area contributed by atoms with Gasteiger partial charge in [-0.15, -0.1) is 0 Å². The van der Waals surface area contributed by atoms with Crippen molar-refractivity contribution >= 4 is 57.6 Å². The van der Waals surface area contributed by atoms with Crippen molar-refractivity contribution in [1.82, 2.24) is 4.98 Å². The number of para-hydroxylation sites is 1.